The van der Waals surface area contributed by atoms with Gasteiger partial charge < -0.3 is 9.80 Å². The van der Waals surface area contributed by atoms with E-state index in [9.17, 15) is 0 Å². The van der Waals surface area contributed by atoms with Gasteiger partial charge >= 0.3 is 0 Å². The molecule has 0 spiro atoms. The van der Waals surface area contributed by atoms with E-state index < -0.39 is 0 Å². The summed E-state index contributed by atoms with van der Waals surface area (Å²) < 4.78 is 1.89. The fourth-order valence-electron chi connectivity index (χ4n) is 3.31. The molecule has 3 aromatic rings. The standard InChI is InChI=1S/C19H24N6/c1-4-23-9-11-24(12-10-23)17-13-15(3)20-19-21-18(22-25(17)19)16-7-5-14(2)6-8-16/h5-8,13H,4,9-12H2,1-3H3. The molecule has 0 aliphatic carbocycles. The van der Waals surface area contributed by atoms with Crippen LogP contribution in [0.1, 0.15) is 18.2 Å². The van der Waals surface area contributed by atoms with E-state index in [2.05, 4.69) is 63.9 Å². The first-order chi connectivity index (χ1) is 12.1. The zero-order valence-electron chi connectivity index (χ0n) is 15.1. The van der Waals surface area contributed by atoms with Crippen LogP contribution in [0.4, 0.5) is 5.82 Å². The van der Waals surface area contributed by atoms with Crippen molar-refractivity contribution in [2.45, 2.75) is 20.8 Å². The summed E-state index contributed by atoms with van der Waals surface area (Å²) in [5.41, 5.74) is 3.23. The molecule has 1 aliphatic heterocycles. The second-order valence-electron chi connectivity index (χ2n) is 6.69. The van der Waals surface area contributed by atoms with E-state index in [0.29, 0.717) is 5.78 Å². The Labute approximate surface area is 148 Å². The molecule has 1 saturated heterocycles. The summed E-state index contributed by atoms with van der Waals surface area (Å²) in [7, 11) is 0. The molecule has 6 nitrogen and oxygen atoms in total. The number of anilines is 1. The maximum Gasteiger partial charge on any atom is 0.254 e. The third-order valence-corrected chi connectivity index (χ3v) is 4.87. The second-order valence-corrected chi connectivity index (χ2v) is 6.69. The van der Waals surface area contributed by atoms with Gasteiger partial charge in [-0.3, -0.25) is 0 Å². The lowest BCUT2D eigenvalue weighted by atomic mass is 10.1. The van der Waals surface area contributed by atoms with Gasteiger partial charge in [-0.2, -0.15) is 9.50 Å². The Kier molecular flexibility index (Phi) is 4.13. The van der Waals surface area contributed by atoms with Crippen molar-refractivity contribution in [2.75, 3.05) is 37.6 Å². The van der Waals surface area contributed by atoms with E-state index in [1.165, 1.54) is 5.56 Å². The van der Waals surface area contributed by atoms with Gasteiger partial charge in [-0.25, -0.2) is 4.98 Å². The minimum Gasteiger partial charge on any atom is -0.354 e. The predicted octanol–water partition coefficient (Wildman–Crippen LogP) is 2.55. The number of piperazine rings is 1. The van der Waals surface area contributed by atoms with Crippen LogP contribution in [0.5, 0.6) is 0 Å². The fourth-order valence-corrected chi connectivity index (χ4v) is 3.31. The molecule has 0 bridgehead atoms. The highest BCUT2D eigenvalue weighted by Crippen LogP contribution is 2.22. The number of hydrogen-bond donors (Lipinski definition) is 0. The molecule has 6 heteroatoms. The summed E-state index contributed by atoms with van der Waals surface area (Å²) in [6, 6.07) is 10.4. The van der Waals surface area contributed by atoms with Crippen molar-refractivity contribution in [3.63, 3.8) is 0 Å². The van der Waals surface area contributed by atoms with Crippen LogP contribution < -0.4 is 4.90 Å². The molecule has 130 valence electrons. The van der Waals surface area contributed by atoms with Crippen molar-refractivity contribution in [3.8, 4) is 11.4 Å². The molecule has 1 aromatic carbocycles. The highest BCUT2D eigenvalue weighted by Gasteiger charge is 2.20. The Bertz CT molecular complexity index is 875. The van der Waals surface area contributed by atoms with Gasteiger partial charge in [0.25, 0.3) is 5.78 Å². The Balaban J connectivity index is 1.73. The zero-order chi connectivity index (χ0) is 17.4. The minimum absolute atomic E-state index is 0.670. The summed E-state index contributed by atoms with van der Waals surface area (Å²) in [6.45, 7) is 11.6. The van der Waals surface area contributed by atoms with E-state index >= 15 is 0 Å². The normalized spacial score (nSPS) is 15.9. The van der Waals surface area contributed by atoms with Gasteiger partial charge in [-0.05, 0) is 20.4 Å². The fraction of sp³-hybridized carbons (Fsp3) is 0.421. The molecule has 0 unspecified atom stereocenters. The van der Waals surface area contributed by atoms with E-state index in [1.54, 1.807) is 0 Å². The van der Waals surface area contributed by atoms with Crippen molar-refractivity contribution >= 4 is 11.6 Å². The van der Waals surface area contributed by atoms with Crippen LogP contribution in [-0.2, 0) is 0 Å². The van der Waals surface area contributed by atoms with E-state index in [1.807, 2.05) is 11.4 Å². The molecule has 0 saturated carbocycles. The molecule has 25 heavy (non-hydrogen) atoms. The van der Waals surface area contributed by atoms with Crippen LogP contribution in [0, 0.1) is 13.8 Å². The first-order valence-electron chi connectivity index (χ1n) is 8.93. The van der Waals surface area contributed by atoms with Gasteiger partial charge in [0.2, 0.25) is 0 Å². The molecule has 4 rings (SSSR count). The third kappa shape index (κ3) is 3.09. The maximum absolute atomic E-state index is 4.76. The smallest absolute Gasteiger partial charge is 0.254 e. The van der Waals surface area contributed by atoms with Crippen LogP contribution >= 0.6 is 0 Å². The Morgan fingerprint density at radius 3 is 2.36 bits per heavy atom. The predicted molar refractivity (Wildman–Crippen MR) is 100 cm³/mol. The largest absolute Gasteiger partial charge is 0.354 e. The average molecular weight is 336 g/mol. The molecule has 1 fully saturated rings. The lowest BCUT2D eigenvalue weighted by Gasteiger charge is -2.35. The second kappa shape index (κ2) is 6.44. The number of aryl methyl sites for hydroxylation is 2. The Morgan fingerprint density at radius 1 is 0.960 bits per heavy atom. The van der Waals surface area contributed by atoms with Crippen LogP contribution in [0.25, 0.3) is 17.2 Å². The SMILES string of the molecule is CCN1CCN(c2cc(C)nc3nc(-c4ccc(C)cc4)nn23)CC1. The number of nitrogens with zero attached hydrogens (tertiary/aromatic N) is 6. The van der Waals surface area contributed by atoms with Gasteiger partial charge in [0.1, 0.15) is 5.82 Å². The van der Waals surface area contributed by atoms with Crippen LogP contribution in [0.3, 0.4) is 0 Å². The molecular weight excluding hydrogens is 312 g/mol. The third-order valence-electron chi connectivity index (χ3n) is 4.87. The van der Waals surface area contributed by atoms with Gasteiger partial charge in [-0.1, -0.05) is 36.8 Å². The van der Waals surface area contributed by atoms with E-state index in [0.717, 1.165) is 55.6 Å². The molecule has 0 atom stereocenters. The number of fused-ring (bicyclic) bond motifs is 1. The van der Waals surface area contributed by atoms with Crippen LogP contribution in [0.2, 0.25) is 0 Å². The van der Waals surface area contributed by atoms with Gasteiger partial charge in [0.05, 0.1) is 0 Å². The molecule has 0 N–H and O–H groups in total. The van der Waals surface area contributed by atoms with Crippen molar-refractivity contribution in [3.05, 3.63) is 41.6 Å². The summed E-state index contributed by atoms with van der Waals surface area (Å²) in [6.07, 6.45) is 0. The monoisotopic (exact) mass is 336 g/mol. The summed E-state index contributed by atoms with van der Waals surface area (Å²) >= 11 is 0. The quantitative estimate of drug-likeness (QED) is 0.736. The Morgan fingerprint density at radius 2 is 1.68 bits per heavy atom. The number of hydrogen-bond acceptors (Lipinski definition) is 5. The first-order valence-corrected chi connectivity index (χ1v) is 8.93. The summed E-state index contributed by atoms with van der Waals surface area (Å²) in [5, 5.41) is 4.76. The van der Waals surface area contributed by atoms with Gasteiger partial charge in [0, 0.05) is 43.5 Å². The number of likely N-dealkylation sites (N-methyl/N-ethyl adjacent to an activating group) is 1. The molecule has 0 radical (unpaired) electrons. The number of aromatic nitrogens is 4. The number of benzene rings is 1. The van der Waals surface area contributed by atoms with Gasteiger partial charge in [0.15, 0.2) is 5.82 Å². The zero-order valence-corrected chi connectivity index (χ0v) is 15.1. The van der Waals surface area contributed by atoms with Crippen LogP contribution in [0.15, 0.2) is 30.3 Å². The topological polar surface area (TPSA) is 49.6 Å². The Hall–Kier alpha value is -2.47. The molecule has 3 heterocycles. The maximum atomic E-state index is 4.76. The average Bonchev–Trinajstić information content (AvgIpc) is 3.05. The van der Waals surface area contributed by atoms with Crippen LogP contribution in [-0.4, -0.2) is 57.2 Å². The molecule has 2 aromatic heterocycles. The lowest BCUT2D eigenvalue weighted by molar-refractivity contribution is 0.270. The highest BCUT2D eigenvalue weighted by molar-refractivity contribution is 5.59. The van der Waals surface area contributed by atoms with Crippen molar-refractivity contribution in [2.24, 2.45) is 0 Å². The molecule has 1 aliphatic rings. The van der Waals surface area contributed by atoms with Gasteiger partial charge in [-0.15, -0.1) is 5.10 Å². The minimum atomic E-state index is 0.670. The lowest BCUT2D eigenvalue weighted by Crippen LogP contribution is -2.46. The van der Waals surface area contributed by atoms with Crippen molar-refractivity contribution in [1.82, 2.24) is 24.5 Å². The molecular formula is C19H24N6. The van der Waals surface area contributed by atoms with E-state index in [4.69, 9.17) is 5.10 Å². The van der Waals surface area contributed by atoms with Crippen molar-refractivity contribution < 1.29 is 0 Å². The summed E-state index contributed by atoms with van der Waals surface area (Å²) in [5.74, 6) is 2.49. The highest BCUT2D eigenvalue weighted by atomic mass is 15.4. The number of rotatable bonds is 3. The molecule has 0 amide bonds. The first kappa shape index (κ1) is 16.0. The van der Waals surface area contributed by atoms with E-state index in [-0.39, 0.29) is 0 Å². The van der Waals surface area contributed by atoms with Crippen molar-refractivity contribution in [1.29, 1.82) is 0 Å². The summed E-state index contributed by atoms with van der Waals surface area (Å²) in [4.78, 5) is 14.1.